The second-order valence-corrected chi connectivity index (χ2v) is 25.1. The highest BCUT2D eigenvalue weighted by Crippen LogP contribution is 2.33. The topological polar surface area (TPSA) is 368 Å². The van der Waals surface area contributed by atoms with E-state index in [-0.39, 0.29) is 46.8 Å². The number of azo groups is 2. The molecule has 3 atom stereocenters. The number of hydrogen-bond acceptors (Lipinski definition) is 16. The molecule has 28 heteroatoms. The smallest absolute Gasteiger partial charge is 0.333 e. The van der Waals surface area contributed by atoms with Crippen molar-refractivity contribution in [2.24, 2.45) is 20.5 Å². The van der Waals surface area contributed by atoms with E-state index in [4.69, 9.17) is 46.3 Å². The Morgan fingerprint density at radius 2 is 1.00 bits per heavy atom. The Morgan fingerprint density at radius 1 is 0.510 bits per heavy atom. The molecule has 0 spiro atoms. The minimum absolute atomic E-state index is 0.00155. The predicted octanol–water partition coefficient (Wildman–Crippen LogP) is 19.2. The fourth-order valence-corrected chi connectivity index (χ4v) is 10.6. The molecule has 3 unspecified atom stereocenters. The molecule has 0 radical (unpaired) electrons. The van der Waals surface area contributed by atoms with E-state index in [0.717, 1.165) is 105 Å². The molecule has 524 valence electrons. The van der Waals surface area contributed by atoms with Crippen molar-refractivity contribution >= 4 is 138 Å². The van der Waals surface area contributed by atoms with Crippen molar-refractivity contribution in [1.82, 2.24) is 39.5 Å². The summed E-state index contributed by atoms with van der Waals surface area (Å²) in [4.78, 5) is 100. The first-order chi connectivity index (χ1) is 48.3. The van der Waals surface area contributed by atoms with E-state index in [9.17, 15) is 28.8 Å². The van der Waals surface area contributed by atoms with Crippen molar-refractivity contribution in [3.8, 4) is 0 Å². The van der Waals surface area contributed by atoms with Gasteiger partial charge in [0.1, 0.15) is 17.7 Å². The number of fused-ring (bicyclic) bond motifs is 2. The highest BCUT2D eigenvalue weighted by atomic mass is 35.6. The highest BCUT2D eigenvalue weighted by molar-refractivity contribution is 6.63. The van der Waals surface area contributed by atoms with E-state index >= 15 is 0 Å². The third-order valence-corrected chi connectivity index (χ3v) is 15.8. The first kappa shape index (κ1) is 76.7. The zero-order valence-electron chi connectivity index (χ0n) is 56.6. The van der Waals surface area contributed by atoms with Crippen molar-refractivity contribution in [3.63, 3.8) is 0 Å². The third-order valence-electron chi connectivity index (χ3n) is 15.8. The van der Waals surface area contributed by atoms with Gasteiger partial charge in [-0.1, -0.05) is 176 Å². The first-order valence-electron chi connectivity index (χ1n) is 33.1. The second kappa shape index (κ2) is 39.7. The molecule has 100 heavy (non-hydrogen) atoms. The van der Waals surface area contributed by atoms with Crippen LogP contribution in [0.25, 0.3) is 21.5 Å². The second-order valence-electron chi connectivity index (χ2n) is 23.1. The van der Waals surface area contributed by atoms with Crippen molar-refractivity contribution in [1.29, 1.82) is 0 Å². The summed E-state index contributed by atoms with van der Waals surface area (Å²) in [5, 5.41) is 34.9. The summed E-state index contributed by atoms with van der Waals surface area (Å²) in [6.07, 6.45) is 16.0. The number of aromatic nitrogens is 8. The Labute approximate surface area is 593 Å². The number of hydrogen-bond donors (Lipinski definition) is 10. The summed E-state index contributed by atoms with van der Waals surface area (Å²) in [5.41, 5.74) is 16.4. The Bertz CT molecular complexity index is 4560. The molecule has 12 N–H and O–H groups in total. The van der Waals surface area contributed by atoms with Crippen LogP contribution in [0.3, 0.4) is 0 Å². The van der Waals surface area contributed by atoms with Crippen molar-refractivity contribution in [2.45, 2.75) is 141 Å². The van der Waals surface area contributed by atoms with Gasteiger partial charge in [0.05, 0.1) is 28.4 Å². The summed E-state index contributed by atoms with van der Waals surface area (Å²) < 4.78 is 0.529. The van der Waals surface area contributed by atoms with Gasteiger partial charge in [0, 0.05) is 59.3 Å². The fraction of sp³-hybridized carbons (Fsp3) is 0.306. The lowest BCUT2D eigenvalue weighted by Gasteiger charge is -2.16. The molecular weight excluding hydrogens is 1330 g/mol. The van der Waals surface area contributed by atoms with Crippen LogP contribution >= 0.6 is 34.8 Å². The van der Waals surface area contributed by atoms with Gasteiger partial charge in [0.15, 0.2) is 4.30 Å². The number of H-pyrrole nitrogens is 3. The fourth-order valence-electron chi connectivity index (χ4n) is 10.6. The number of rotatable bonds is 24. The molecule has 25 nitrogen and oxygen atoms in total. The quantitative estimate of drug-likeness (QED) is 0.0153. The van der Waals surface area contributed by atoms with E-state index in [1.165, 1.54) is 52.9 Å². The number of unbranched alkanes of at least 4 members (excludes halogenated alkanes) is 3. The van der Waals surface area contributed by atoms with Crippen LogP contribution in [0.4, 0.5) is 77.7 Å². The number of carbonyl (C=O) groups excluding carboxylic acids is 3. The molecular formula is C72H84Cl3N19O6. The number of amides is 5. The maximum absolute atomic E-state index is 13.4. The molecule has 0 aliphatic carbocycles. The summed E-state index contributed by atoms with van der Waals surface area (Å²) in [6, 6.07) is 40.2. The first-order valence-corrected chi connectivity index (χ1v) is 34.4. The van der Waals surface area contributed by atoms with Gasteiger partial charge in [-0.25, -0.2) is 24.4 Å². The van der Waals surface area contributed by atoms with Gasteiger partial charge in [-0.05, 0) is 133 Å². The Kier molecular flexibility index (Phi) is 30.5. The number of anilines is 7. The maximum atomic E-state index is 13.4. The third kappa shape index (κ3) is 24.7. The number of urea groups is 2. The summed E-state index contributed by atoms with van der Waals surface area (Å²) in [5.74, 6) is 0.658. The van der Waals surface area contributed by atoms with Crippen molar-refractivity contribution in [3.05, 3.63) is 206 Å². The van der Waals surface area contributed by atoms with Crippen molar-refractivity contribution in [2.75, 3.05) is 38.1 Å². The monoisotopic (exact) mass is 1420 g/mol. The number of carbonyl (C=O) groups is 3. The van der Waals surface area contributed by atoms with E-state index in [1.54, 1.807) is 30.3 Å². The van der Waals surface area contributed by atoms with Crippen molar-refractivity contribution < 1.29 is 14.4 Å². The summed E-state index contributed by atoms with van der Waals surface area (Å²) >= 11 is 14.4. The Balaban J connectivity index is 0.000000247. The molecule has 0 bridgehead atoms. The number of nitrogen functional groups attached to an aromatic ring is 2. The Morgan fingerprint density at radius 3 is 1.50 bits per heavy atom. The average Bonchev–Trinajstić information content (AvgIpc) is 1.85. The molecule has 5 amide bonds. The van der Waals surface area contributed by atoms with Crippen LogP contribution in [-0.4, -0.2) is 61.8 Å². The van der Waals surface area contributed by atoms with Crippen LogP contribution in [0.5, 0.6) is 0 Å². The number of nitrogens with zero attached hydrogens (tertiary/aromatic N) is 9. The lowest BCUT2D eigenvalue weighted by Crippen LogP contribution is -2.25. The predicted molar refractivity (Wildman–Crippen MR) is 403 cm³/mol. The van der Waals surface area contributed by atoms with Gasteiger partial charge in [0.25, 0.3) is 16.7 Å². The van der Waals surface area contributed by atoms with Crippen LogP contribution in [-0.2, 0) is 0 Å². The SMILES string of the molecule is CCCCC(CC)c1cc(=O)[nH]c(NC(=O)n2ccnc2)n1.CCCCC(CC)c1cc(=O)nc(NC(=O)Nc2ccc(N=Nc3ccc4ccccc4c3)c(NC(=O)Nc3nc(=O)cc(C(CC)CCCC)[nH]3)c2)[nH]1.ClC(Cl)Cl.Nc1ccc(N=Nc2ccc3ccccc3c2)c(N)c1. The molecule has 0 saturated carbocycles. The number of nitrogens with one attached hydrogen (secondary N) is 8. The largest absolute Gasteiger partial charge is 0.399 e. The number of imidazole rings is 1. The lowest BCUT2D eigenvalue weighted by molar-refractivity contribution is 0.253. The van der Waals surface area contributed by atoms with Gasteiger partial charge >= 0.3 is 18.1 Å². The number of alkyl halides is 3. The van der Waals surface area contributed by atoms with Crippen LogP contribution in [0, 0.1) is 0 Å². The summed E-state index contributed by atoms with van der Waals surface area (Å²) in [6.45, 7) is 12.5. The minimum Gasteiger partial charge on any atom is -0.399 e. The average molecular weight is 1420 g/mol. The molecule has 10 aromatic rings. The maximum Gasteiger partial charge on any atom is 0.333 e. The van der Waals surface area contributed by atoms with Gasteiger partial charge < -0.3 is 32.1 Å². The van der Waals surface area contributed by atoms with E-state index in [2.05, 4.69) is 130 Å². The molecule has 0 aliphatic heterocycles. The molecule has 6 aromatic carbocycles. The molecule has 10 rings (SSSR count). The van der Waals surface area contributed by atoms with E-state index in [1.807, 2.05) is 78.9 Å². The molecule has 0 fully saturated rings. The minimum atomic E-state index is -0.750. The molecule has 0 aliphatic rings. The highest BCUT2D eigenvalue weighted by Gasteiger charge is 2.19. The standard InChI is InChI=1S/C40H48N10O4.C16H14N4.C15H21N5O2.CHCl3/c1-5-9-13-25(7-3)32-23-35(51)45-37(42-32)47-39(53)41-29-19-20-31(50-49-30-18-17-27-15-11-12-16-28(27)21-30)34(22-29)44-40(54)48-38-43-33(24-36(52)46-38)26(8-4)14-10-6-2;17-13-6-8-16(15(18)10-13)20-19-14-7-5-11-3-1-2-4-12(11)9-14;1-3-5-6-11(4-2)12-9-13(21)18-14(17-12)19-15(22)20-8-7-16-10-20;2-1(3)4/h11-12,15-26H,5-10,13-14H2,1-4H3,(H3,41,42,45,47,51,53)(H3,43,44,46,48,52,54);1-10H,17-18H2;7-11H,3-6H2,1-2H3,(H2,17,18,19,21,22);1H. The molecule has 4 heterocycles. The Hall–Kier alpha value is -10.6. The van der Waals surface area contributed by atoms with Gasteiger partial charge in [0.2, 0.25) is 17.8 Å². The van der Waals surface area contributed by atoms with E-state index in [0.29, 0.717) is 45.5 Å². The lowest BCUT2D eigenvalue weighted by atomic mass is 9.96. The van der Waals surface area contributed by atoms with Crippen LogP contribution in [0.1, 0.15) is 153 Å². The summed E-state index contributed by atoms with van der Waals surface area (Å²) in [7, 11) is 0. The van der Waals surface area contributed by atoms with Crippen LogP contribution < -0.4 is 54.7 Å². The number of benzene rings is 6. The van der Waals surface area contributed by atoms with E-state index < -0.39 is 33.5 Å². The zero-order chi connectivity index (χ0) is 71.9. The zero-order valence-corrected chi connectivity index (χ0v) is 58.8. The molecule has 4 aromatic heterocycles. The van der Waals surface area contributed by atoms with Gasteiger partial charge in [-0.3, -0.25) is 39.9 Å². The number of halogens is 3. The van der Waals surface area contributed by atoms with Gasteiger partial charge in [-0.2, -0.15) is 20.2 Å². The number of aromatic amines is 3. The molecule has 0 saturated heterocycles. The normalized spacial score (nSPS) is 11.9. The van der Waals surface area contributed by atoms with Crippen LogP contribution in [0.2, 0.25) is 0 Å². The van der Waals surface area contributed by atoms with Crippen LogP contribution in [0.15, 0.2) is 193 Å². The number of nitrogens with two attached hydrogens (primary N) is 2. The van der Waals surface area contributed by atoms with Gasteiger partial charge in [-0.15, -0.1) is 10.2 Å².